The number of para-hydroxylation sites is 1. The molecule has 0 aliphatic carbocycles. The maximum Gasteiger partial charge on any atom is 0.325 e. The third-order valence-electron chi connectivity index (χ3n) is 2.36. The van der Waals surface area contributed by atoms with Gasteiger partial charge in [-0.3, -0.25) is 4.79 Å². The molecule has 0 saturated heterocycles. The number of hydrogen-bond donors (Lipinski definition) is 0. The summed E-state index contributed by atoms with van der Waals surface area (Å²) in [5, 5.41) is 0.254. The summed E-state index contributed by atoms with van der Waals surface area (Å²) < 4.78 is 5.00. The van der Waals surface area contributed by atoms with Crippen molar-refractivity contribution < 1.29 is 9.53 Å². The van der Waals surface area contributed by atoms with E-state index < -0.39 is 0 Å². The van der Waals surface area contributed by atoms with Gasteiger partial charge in [0.15, 0.2) is 5.17 Å². The standard InChI is InChI=1S/C13H14N2O2S/c1-3-17-12(16)11-9(2)14-13(18-11)15-10-7-5-4-6-8-10/h4-8,11H,3H2,1-2H3/t11-/m0/s1. The monoisotopic (exact) mass is 262 g/mol. The maximum atomic E-state index is 11.7. The lowest BCUT2D eigenvalue weighted by atomic mass is 10.3. The zero-order chi connectivity index (χ0) is 13.0. The molecular formula is C13H14N2O2S. The molecule has 0 amide bonds. The Hall–Kier alpha value is -1.62. The SMILES string of the molecule is CCOC(=O)[C@H]1SC(=Nc2ccccc2)N=C1C. The number of hydrogen-bond acceptors (Lipinski definition) is 4. The fourth-order valence-corrected chi connectivity index (χ4v) is 2.48. The number of carbonyl (C=O) groups is 1. The summed E-state index contributed by atoms with van der Waals surface area (Å²) in [6.07, 6.45) is 0. The lowest BCUT2D eigenvalue weighted by molar-refractivity contribution is -0.141. The third-order valence-corrected chi connectivity index (χ3v) is 3.52. The van der Waals surface area contributed by atoms with Crippen molar-refractivity contribution in [3.63, 3.8) is 0 Å². The molecule has 4 nitrogen and oxygen atoms in total. The highest BCUT2D eigenvalue weighted by Gasteiger charge is 2.31. The minimum absolute atomic E-state index is 0.248. The van der Waals surface area contributed by atoms with E-state index in [4.69, 9.17) is 4.74 Å². The number of amidine groups is 1. The van der Waals surface area contributed by atoms with E-state index in [1.165, 1.54) is 11.8 Å². The van der Waals surface area contributed by atoms with Crippen molar-refractivity contribution in [2.24, 2.45) is 9.98 Å². The van der Waals surface area contributed by atoms with E-state index in [0.29, 0.717) is 11.8 Å². The number of rotatable bonds is 3. The Bertz CT molecular complexity index is 497. The van der Waals surface area contributed by atoms with E-state index in [1.54, 1.807) is 6.92 Å². The van der Waals surface area contributed by atoms with Gasteiger partial charge < -0.3 is 4.74 Å². The second kappa shape index (κ2) is 5.82. The first-order chi connectivity index (χ1) is 8.70. The van der Waals surface area contributed by atoms with Crippen LogP contribution in [-0.4, -0.2) is 28.7 Å². The van der Waals surface area contributed by atoms with Crippen LogP contribution in [0.4, 0.5) is 5.69 Å². The predicted molar refractivity (Wildman–Crippen MR) is 74.7 cm³/mol. The van der Waals surface area contributed by atoms with Crippen molar-refractivity contribution in [2.75, 3.05) is 6.61 Å². The van der Waals surface area contributed by atoms with Crippen molar-refractivity contribution >= 4 is 34.3 Å². The summed E-state index contributed by atoms with van der Waals surface area (Å²) in [6, 6.07) is 9.56. The van der Waals surface area contributed by atoms with Crippen LogP contribution >= 0.6 is 11.8 Å². The van der Waals surface area contributed by atoms with Gasteiger partial charge in [-0.25, -0.2) is 9.98 Å². The van der Waals surface area contributed by atoms with E-state index in [0.717, 1.165) is 11.4 Å². The molecule has 1 aromatic rings. The third kappa shape index (κ3) is 2.98. The molecule has 0 fully saturated rings. The quantitative estimate of drug-likeness (QED) is 0.787. The zero-order valence-electron chi connectivity index (χ0n) is 10.3. The van der Waals surface area contributed by atoms with Gasteiger partial charge in [-0.05, 0) is 26.0 Å². The minimum Gasteiger partial charge on any atom is -0.465 e. The van der Waals surface area contributed by atoms with Crippen LogP contribution < -0.4 is 0 Å². The Balaban J connectivity index is 2.12. The minimum atomic E-state index is -0.354. The van der Waals surface area contributed by atoms with Crippen LogP contribution in [0.2, 0.25) is 0 Å². The van der Waals surface area contributed by atoms with Crippen molar-refractivity contribution in [2.45, 2.75) is 19.1 Å². The molecular weight excluding hydrogens is 248 g/mol. The topological polar surface area (TPSA) is 51.0 Å². The normalized spacial score (nSPS) is 20.9. The van der Waals surface area contributed by atoms with E-state index in [-0.39, 0.29) is 11.2 Å². The van der Waals surface area contributed by atoms with Crippen LogP contribution in [-0.2, 0) is 9.53 Å². The molecule has 1 aliphatic rings. The Morgan fingerprint density at radius 1 is 1.44 bits per heavy atom. The van der Waals surface area contributed by atoms with Gasteiger partial charge in [0.25, 0.3) is 0 Å². The lowest BCUT2D eigenvalue weighted by Gasteiger charge is -2.06. The van der Waals surface area contributed by atoms with E-state index >= 15 is 0 Å². The molecule has 0 N–H and O–H groups in total. The van der Waals surface area contributed by atoms with E-state index in [2.05, 4.69) is 9.98 Å². The van der Waals surface area contributed by atoms with Crippen LogP contribution in [0, 0.1) is 0 Å². The smallest absolute Gasteiger partial charge is 0.325 e. The highest BCUT2D eigenvalue weighted by Crippen LogP contribution is 2.27. The molecule has 1 aromatic carbocycles. The van der Waals surface area contributed by atoms with Crippen molar-refractivity contribution in [3.05, 3.63) is 30.3 Å². The molecule has 18 heavy (non-hydrogen) atoms. The molecule has 94 valence electrons. The van der Waals surface area contributed by atoms with Gasteiger partial charge in [-0.15, -0.1) is 0 Å². The molecule has 0 spiro atoms. The average molecular weight is 262 g/mol. The van der Waals surface area contributed by atoms with Gasteiger partial charge in [-0.1, -0.05) is 30.0 Å². The second-order valence-electron chi connectivity index (χ2n) is 3.73. The number of ether oxygens (including phenoxy) is 1. The van der Waals surface area contributed by atoms with Crippen molar-refractivity contribution in [1.29, 1.82) is 0 Å². The molecule has 2 rings (SSSR count). The summed E-state index contributed by atoms with van der Waals surface area (Å²) in [5.41, 5.74) is 1.58. The Kier molecular flexibility index (Phi) is 4.15. The van der Waals surface area contributed by atoms with E-state index in [9.17, 15) is 4.79 Å². The second-order valence-corrected chi connectivity index (χ2v) is 4.81. The van der Waals surface area contributed by atoms with Crippen molar-refractivity contribution in [1.82, 2.24) is 0 Å². The van der Waals surface area contributed by atoms with Crippen LogP contribution in [0.3, 0.4) is 0 Å². The average Bonchev–Trinajstić information content (AvgIpc) is 2.72. The van der Waals surface area contributed by atoms with Gasteiger partial charge in [-0.2, -0.15) is 0 Å². The highest BCUT2D eigenvalue weighted by molar-refractivity contribution is 8.16. The van der Waals surface area contributed by atoms with Crippen LogP contribution in [0.15, 0.2) is 40.3 Å². The summed E-state index contributed by atoms with van der Waals surface area (Å²) >= 11 is 1.33. The number of thioether (sulfide) groups is 1. The molecule has 0 unspecified atom stereocenters. The fraction of sp³-hybridized carbons (Fsp3) is 0.308. The molecule has 1 heterocycles. The Morgan fingerprint density at radius 3 is 2.83 bits per heavy atom. The van der Waals surface area contributed by atoms with E-state index in [1.807, 2.05) is 37.3 Å². The predicted octanol–water partition coefficient (Wildman–Crippen LogP) is 2.81. The summed E-state index contributed by atoms with van der Waals surface area (Å²) in [7, 11) is 0. The summed E-state index contributed by atoms with van der Waals surface area (Å²) in [5.74, 6) is -0.248. The molecule has 5 heteroatoms. The first-order valence-electron chi connectivity index (χ1n) is 5.73. The Labute approximate surface area is 110 Å². The van der Waals surface area contributed by atoms with Gasteiger partial charge in [0.05, 0.1) is 12.3 Å². The van der Waals surface area contributed by atoms with Gasteiger partial charge in [0, 0.05) is 5.71 Å². The molecule has 1 atom stereocenters. The molecule has 0 radical (unpaired) electrons. The summed E-state index contributed by atoms with van der Waals surface area (Å²) in [6.45, 7) is 4.00. The maximum absolute atomic E-state index is 11.7. The number of nitrogens with zero attached hydrogens (tertiary/aromatic N) is 2. The van der Waals surface area contributed by atoms with Gasteiger partial charge in [0.1, 0.15) is 5.25 Å². The van der Waals surface area contributed by atoms with Crippen molar-refractivity contribution in [3.8, 4) is 0 Å². The molecule has 0 aromatic heterocycles. The van der Waals surface area contributed by atoms with Crippen LogP contribution in [0.5, 0.6) is 0 Å². The van der Waals surface area contributed by atoms with Gasteiger partial charge >= 0.3 is 5.97 Å². The van der Waals surface area contributed by atoms with Crippen LogP contribution in [0.25, 0.3) is 0 Å². The number of esters is 1. The fourth-order valence-electron chi connectivity index (χ4n) is 1.53. The first-order valence-corrected chi connectivity index (χ1v) is 6.61. The van der Waals surface area contributed by atoms with Crippen LogP contribution in [0.1, 0.15) is 13.8 Å². The molecule has 0 saturated carbocycles. The molecule has 1 aliphatic heterocycles. The first kappa shape index (κ1) is 12.8. The number of aliphatic imine (C=N–C) groups is 2. The Morgan fingerprint density at radius 2 is 2.17 bits per heavy atom. The summed E-state index contributed by atoms with van der Waals surface area (Å²) in [4.78, 5) is 20.4. The lowest BCUT2D eigenvalue weighted by Crippen LogP contribution is -2.24. The zero-order valence-corrected chi connectivity index (χ0v) is 11.1. The highest BCUT2D eigenvalue weighted by atomic mass is 32.2. The number of benzene rings is 1. The largest absolute Gasteiger partial charge is 0.465 e. The van der Waals surface area contributed by atoms with Gasteiger partial charge in [0.2, 0.25) is 0 Å². The number of carbonyl (C=O) groups excluding carboxylic acids is 1. The molecule has 0 bridgehead atoms.